The highest BCUT2D eigenvalue weighted by atomic mass is 19.3. The highest BCUT2D eigenvalue weighted by molar-refractivity contribution is 5.26. The molecule has 1 aliphatic carbocycles. The normalized spacial score (nSPS) is 19.1. The Bertz CT molecular complexity index is 355. The van der Waals surface area contributed by atoms with Gasteiger partial charge in [-0.2, -0.15) is 0 Å². The molecule has 3 heteroatoms. The Hall–Kier alpha value is -0.960. The van der Waals surface area contributed by atoms with Gasteiger partial charge in [0, 0.05) is 5.92 Å². The maximum absolute atomic E-state index is 13.3. The van der Waals surface area contributed by atoms with Crippen LogP contribution < -0.4 is 0 Å². The first-order valence-corrected chi connectivity index (χ1v) is 6.70. The SMILES string of the molecule is OCc1ccc(C(C(F)F)C2CCCCC2)cc1. The van der Waals surface area contributed by atoms with E-state index in [9.17, 15) is 8.78 Å². The molecule has 0 saturated heterocycles. The van der Waals surface area contributed by atoms with Gasteiger partial charge >= 0.3 is 0 Å². The maximum Gasteiger partial charge on any atom is 0.245 e. The molecule has 0 amide bonds. The van der Waals surface area contributed by atoms with Crippen molar-refractivity contribution in [2.75, 3.05) is 0 Å². The van der Waals surface area contributed by atoms with Gasteiger partial charge in [0.25, 0.3) is 0 Å². The van der Waals surface area contributed by atoms with Crippen LogP contribution in [0.2, 0.25) is 0 Å². The van der Waals surface area contributed by atoms with E-state index in [4.69, 9.17) is 5.11 Å². The van der Waals surface area contributed by atoms with Crippen molar-refractivity contribution < 1.29 is 13.9 Å². The lowest BCUT2D eigenvalue weighted by Gasteiger charge is -2.30. The largest absolute Gasteiger partial charge is 0.392 e. The van der Waals surface area contributed by atoms with Crippen molar-refractivity contribution in [3.05, 3.63) is 35.4 Å². The fourth-order valence-corrected chi connectivity index (χ4v) is 2.96. The number of hydrogen-bond acceptors (Lipinski definition) is 1. The molecule has 1 nitrogen and oxygen atoms in total. The topological polar surface area (TPSA) is 20.2 Å². The maximum atomic E-state index is 13.3. The summed E-state index contributed by atoms with van der Waals surface area (Å²) in [5.41, 5.74) is 1.49. The first-order chi connectivity index (χ1) is 8.72. The van der Waals surface area contributed by atoms with Crippen molar-refractivity contribution in [3.8, 4) is 0 Å². The van der Waals surface area contributed by atoms with Crippen LogP contribution in [-0.4, -0.2) is 11.5 Å². The fraction of sp³-hybridized carbons (Fsp3) is 0.600. The van der Waals surface area contributed by atoms with Crippen LogP contribution in [0.25, 0.3) is 0 Å². The minimum absolute atomic E-state index is 0.0386. The predicted molar refractivity (Wildman–Crippen MR) is 67.7 cm³/mol. The molecular formula is C15H20F2O. The number of benzene rings is 1. The van der Waals surface area contributed by atoms with Gasteiger partial charge < -0.3 is 5.11 Å². The van der Waals surface area contributed by atoms with Crippen LogP contribution in [0.1, 0.15) is 49.1 Å². The molecule has 1 atom stereocenters. The average Bonchev–Trinajstić information content (AvgIpc) is 2.40. The van der Waals surface area contributed by atoms with Crippen molar-refractivity contribution in [2.45, 2.75) is 51.1 Å². The number of alkyl halides is 2. The van der Waals surface area contributed by atoms with E-state index < -0.39 is 12.3 Å². The van der Waals surface area contributed by atoms with Crippen LogP contribution in [0.3, 0.4) is 0 Å². The molecule has 1 aliphatic rings. The van der Waals surface area contributed by atoms with Gasteiger partial charge in [0.05, 0.1) is 6.61 Å². The summed E-state index contributed by atoms with van der Waals surface area (Å²) < 4.78 is 26.6. The Labute approximate surface area is 107 Å². The predicted octanol–water partition coefficient (Wildman–Crippen LogP) is 4.11. The summed E-state index contributed by atoms with van der Waals surface area (Å²) in [5, 5.41) is 8.98. The van der Waals surface area contributed by atoms with Crippen molar-refractivity contribution in [1.29, 1.82) is 0 Å². The fourth-order valence-electron chi connectivity index (χ4n) is 2.96. The molecule has 1 fully saturated rings. The molecule has 1 saturated carbocycles. The molecule has 0 aliphatic heterocycles. The Morgan fingerprint density at radius 2 is 1.67 bits per heavy atom. The first kappa shape index (κ1) is 13.5. The van der Waals surface area contributed by atoms with Gasteiger partial charge in [-0.25, -0.2) is 8.78 Å². The van der Waals surface area contributed by atoms with Gasteiger partial charge in [0.2, 0.25) is 6.43 Å². The zero-order valence-corrected chi connectivity index (χ0v) is 10.5. The van der Waals surface area contributed by atoms with Gasteiger partial charge in [0.1, 0.15) is 0 Å². The second-order valence-electron chi connectivity index (χ2n) is 5.16. The lowest BCUT2D eigenvalue weighted by atomic mass is 9.77. The molecule has 1 aromatic rings. The van der Waals surface area contributed by atoms with Crippen LogP contribution in [0, 0.1) is 5.92 Å². The minimum atomic E-state index is -2.30. The van der Waals surface area contributed by atoms with E-state index in [-0.39, 0.29) is 12.5 Å². The summed E-state index contributed by atoms with van der Waals surface area (Å²) >= 11 is 0. The summed E-state index contributed by atoms with van der Waals surface area (Å²) in [4.78, 5) is 0. The molecular weight excluding hydrogens is 234 g/mol. The summed E-state index contributed by atoms with van der Waals surface area (Å²) in [5.74, 6) is -0.531. The van der Waals surface area contributed by atoms with Crippen molar-refractivity contribution >= 4 is 0 Å². The number of aliphatic hydroxyl groups excluding tert-OH is 1. The molecule has 0 heterocycles. The standard InChI is InChI=1S/C15H20F2O/c16-15(17)14(12-4-2-1-3-5-12)13-8-6-11(10-18)7-9-13/h6-9,12,14-15,18H,1-5,10H2. The summed E-state index contributed by atoms with van der Waals surface area (Å²) in [6, 6.07) is 6.98. The molecule has 1 unspecified atom stereocenters. The third kappa shape index (κ3) is 3.08. The van der Waals surface area contributed by atoms with E-state index in [1.54, 1.807) is 24.3 Å². The van der Waals surface area contributed by atoms with Gasteiger partial charge in [0.15, 0.2) is 0 Å². The highest BCUT2D eigenvalue weighted by Crippen LogP contribution is 2.39. The molecule has 1 N–H and O–H groups in total. The molecule has 0 bridgehead atoms. The summed E-state index contributed by atoms with van der Waals surface area (Å²) in [7, 11) is 0. The monoisotopic (exact) mass is 254 g/mol. The molecule has 0 radical (unpaired) electrons. The quantitative estimate of drug-likeness (QED) is 0.857. The van der Waals surface area contributed by atoms with Gasteiger partial charge in [-0.3, -0.25) is 0 Å². The summed E-state index contributed by atoms with van der Waals surface area (Å²) in [6.07, 6.45) is 2.85. The van der Waals surface area contributed by atoms with Gasteiger partial charge in [-0.15, -0.1) is 0 Å². The van der Waals surface area contributed by atoms with E-state index in [0.717, 1.165) is 31.2 Å². The van der Waals surface area contributed by atoms with Crippen molar-refractivity contribution in [2.24, 2.45) is 5.92 Å². The van der Waals surface area contributed by atoms with Crippen molar-refractivity contribution in [1.82, 2.24) is 0 Å². The van der Waals surface area contributed by atoms with E-state index in [1.807, 2.05) is 0 Å². The van der Waals surface area contributed by atoms with Crippen LogP contribution in [0.15, 0.2) is 24.3 Å². The Morgan fingerprint density at radius 3 is 2.17 bits per heavy atom. The number of aliphatic hydroxyl groups is 1. The second-order valence-corrected chi connectivity index (χ2v) is 5.16. The summed E-state index contributed by atoms with van der Waals surface area (Å²) in [6.45, 7) is -0.0386. The molecule has 18 heavy (non-hydrogen) atoms. The van der Waals surface area contributed by atoms with Crippen LogP contribution in [0.5, 0.6) is 0 Å². The Morgan fingerprint density at radius 1 is 1.06 bits per heavy atom. The van der Waals surface area contributed by atoms with Gasteiger partial charge in [-0.05, 0) is 29.9 Å². The molecule has 0 spiro atoms. The third-order valence-electron chi connectivity index (χ3n) is 3.98. The average molecular weight is 254 g/mol. The molecule has 0 aromatic heterocycles. The van der Waals surface area contributed by atoms with Crippen molar-refractivity contribution in [3.63, 3.8) is 0 Å². The minimum Gasteiger partial charge on any atom is -0.392 e. The number of hydrogen-bond donors (Lipinski definition) is 1. The number of halogens is 2. The van der Waals surface area contributed by atoms with Crippen LogP contribution in [-0.2, 0) is 6.61 Å². The van der Waals surface area contributed by atoms with Gasteiger partial charge in [-0.1, -0.05) is 43.5 Å². The lowest BCUT2D eigenvalue weighted by molar-refractivity contribution is 0.0743. The lowest BCUT2D eigenvalue weighted by Crippen LogP contribution is -2.22. The number of rotatable bonds is 4. The Kier molecular flexibility index (Phi) is 4.70. The van der Waals surface area contributed by atoms with E-state index >= 15 is 0 Å². The smallest absolute Gasteiger partial charge is 0.245 e. The van der Waals surface area contributed by atoms with E-state index in [2.05, 4.69) is 0 Å². The molecule has 2 rings (SSSR count). The van der Waals surface area contributed by atoms with E-state index in [1.165, 1.54) is 6.42 Å². The third-order valence-corrected chi connectivity index (χ3v) is 3.98. The molecule has 100 valence electrons. The van der Waals surface area contributed by atoms with E-state index in [0.29, 0.717) is 5.56 Å². The first-order valence-electron chi connectivity index (χ1n) is 6.70. The van der Waals surface area contributed by atoms with Crippen LogP contribution >= 0.6 is 0 Å². The molecule has 1 aromatic carbocycles. The highest BCUT2D eigenvalue weighted by Gasteiger charge is 2.31. The van der Waals surface area contributed by atoms with Crippen LogP contribution in [0.4, 0.5) is 8.78 Å². The zero-order chi connectivity index (χ0) is 13.0. The Balaban J connectivity index is 2.17. The zero-order valence-electron chi connectivity index (χ0n) is 10.5. The second kappa shape index (κ2) is 6.28.